The zero-order valence-electron chi connectivity index (χ0n) is 14.0. The number of aromatic hydroxyl groups is 1. The number of aromatic nitrogens is 3. The maximum absolute atomic E-state index is 11.4. The van der Waals surface area contributed by atoms with Crippen LogP contribution in [-0.4, -0.2) is 43.3 Å². The van der Waals surface area contributed by atoms with Crippen molar-refractivity contribution in [1.29, 1.82) is 0 Å². The van der Waals surface area contributed by atoms with Gasteiger partial charge in [0, 0.05) is 17.8 Å². The Morgan fingerprint density at radius 2 is 2.04 bits per heavy atom. The van der Waals surface area contributed by atoms with Crippen LogP contribution in [0.25, 0.3) is 22.2 Å². The van der Waals surface area contributed by atoms with Gasteiger partial charge < -0.3 is 25.8 Å². The highest BCUT2D eigenvalue weighted by atomic mass is 16.4. The summed E-state index contributed by atoms with van der Waals surface area (Å²) < 4.78 is 2.01. The number of carboxylic acid groups (broad SMARTS) is 1. The van der Waals surface area contributed by atoms with Gasteiger partial charge in [-0.15, -0.1) is 0 Å². The predicted molar refractivity (Wildman–Crippen MR) is 96.7 cm³/mol. The van der Waals surface area contributed by atoms with Crippen LogP contribution in [0.15, 0.2) is 36.8 Å². The molecule has 5 N–H and O–H groups in total. The summed E-state index contributed by atoms with van der Waals surface area (Å²) in [5.74, 6) is -0.288. The molecule has 2 aromatic heterocycles. The first-order valence-corrected chi connectivity index (χ1v) is 8.41. The van der Waals surface area contributed by atoms with E-state index in [1.165, 1.54) is 6.33 Å². The lowest BCUT2D eigenvalue weighted by molar-refractivity contribution is -0.140. The molecule has 0 spiro atoms. The van der Waals surface area contributed by atoms with Gasteiger partial charge in [0.15, 0.2) is 0 Å². The maximum Gasteiger partial charge on any atom is 0.320 e. The Morgan fingerprint density at radius 3 is 2.77 bits per heavy atom. The van der Waals surface area contributed by atoms with Crippen molar-refractivity contribution in [3.63, 3.8) is 0 Å². The zero-order valence-corrected chi connectivity index (χ0v) is 14.0. The lowest BCUT2D eigenvalue weighted by atomic mass is 9.99. The fraction of sp³-hybridized carbons (Fsp3) is 0.278. The van der Waals surface area contributed by atoms with Crippen LogP contribution >= 0.6 is 0 Å². The molecule has 0 aliphatic carbocycles. The predicted octanol–water partition coefficient (Wildman–Crippen LogP) is 1.76. The van der Waals surface area contributed by atoms with Crippen molar-refractivity contribution in [3.8, 4) is 16.9 Å². The standard InChI is InChI=1S/C18H19N5O3/c19-16-15-13(10-1-3-12(24)4-2-10)8-23(17(15)22-9-21-16)11-5-6-20-14(7-11)18(25)26/h1-4,8-9,11,14,20,24H,5-7H2,(H,25,26)(H2,19,21,22). The van der Waals surface area contributed by atoms with Gasteiger partial charge in [0.05, 0.1) is 5.39 Å². The number of phenolic OH excluding ortho intramolecular Hbond substituents is 1. The van der Waals surface area contributed by atoms with Gasteiger partial charge in [-0.05, 0) is 37.1 Å². The van der Waals surface area contributed by atoms with Gasteiger partial charge in [-0.1, -0.05) is 12.1 Å². The lowest BCUT2D eigenvalue weighted by Crippen LogP contribution is -2.43. The number of carboxylic acids is 1. The summed E-state index contributed by atoms with van der Waals surface area (Å²) >= 11 is 0. The first kappa shape index (κ1) is 16.3. The van der Waals surface area contributed by atoms with Crippen LogP contribution in [0, 0.1) is 0 Å². The smallest absolute Gasteiger partial charge is 0.320 e. The van der Waals surface area contributed by atoms with Crippen molar-refractivity contribution >= 4 is 22.8 Å². The number of anilines is 1. The molecule has 2 unspecified atom stereocenters. The van der Waals surface area contributed by atoms with Gasteiger partial charge >= 0.3 is 5.97 Å². The van der Waals surface area contributed by atoms with Crippen molar-refractivity contribution in [3.05, 3.63) is 36.8 Å². The second-order valence-electron chi connectivity index (χ2n) is 6.48. The molecule has 0 amide bonds. The van der Waals surface area contributed by atoms with E-state index < -0.39 is 12.0 Å². The van der Waals surface area contributed by atoms with Gasteiger partial charge in [-0.25, -0.2) is 9.97 Å². The number of nitrogen functional groups attached to an aromatic ring is 1. The molecule has 3 aromatic rings. The molecule has 8 nitrogen and oxygen atoms in total. The van der Waals surface area contributed by atoms with Gasteiger partial charge in [-0.2, -0.15) is 0 Å². The highest BCUT2D eigenvalue weighted by Gasteiger charge is 2.29. The number of carbonyl (C=O) groups is 1. The van der Waals surface area contributed by atoms with Crippen molar-refractivity contribution < 1.29 is 15.0 Å². The largest absolute Gasteiger partial charge is 0.508 e. The van der Waals surface area contributed by atoms with Crippen LogP contribution in [0.5, 0.6) is 5.75 Å². The molecule has 2 atom stereocenters. The van der Waals surface area contributed by atoms with E-state index in [-0.39, 0.29) is 11.8 Å². The molecule has 8 heteroatoms. The summed E-state index contributed by atoms with van der Waals surface area (Å²) in [6, 6.07) is 6.27. The Balaban J connectivity index is 1.84. The molecule has 1 aliphatic rings. The molecular formula is C18H19N5O3. The summed E-state index contributed by atoms with van der Waals surface area (Å²) in [6.45, 7) is 0.621. The minimum Gasteiger partial charge on any atom is -0.508 e. The highest BCUT2D eigenvalue weighted by Crippen LogP contribution is 2.36. The molecule has 1 aliphatic heterocycles. The molecule has 0 saturated carbocycles. The monoisotopic (exact) mass is 353 g/mol. The number of hydrogen-bond acceptors (Lipinski definition) is 6. The second kappa shape index (κ2) is 6.30. The van der Waals surface area contributed by atoms with E-state index in [0.29, 0.717) is 24.4 Å². The third-order valence-corrected chi connectivity index (χ3v) is 4.88. The number of hydrogen-bond donors (Lipinski definition) is 4. The zero-order chi connectivity index (χ0) is 18.3. The third-order valence-electron chi connectivity index (χ3n) is 4.88. The first-order chi connectivity index (χ1) is 12.5. The summed E-state index contributed by atoms with van der Waals surface area (Å²) in [6.07, 6.45) is 4.64. The van der Waals surface area contributed by atoms with E-state index in [1.54, 1.807) is 12.1 Å². The summed E-state index contributed by atoms with van der Waals surface area (Å²) in [7, 11) is 0. The van der Waals surface area contributed by atoms with E-state index in [9.17, 15) is 15.0 Å². The number of rotatable bonds is 3. The van der Waals surface area contributed by atoms with Crippen LogP contribution in [0.1, 0.15) is 18.9 Å². The normalized spacial score (nSPS) is 20.3. The third kappa shape index (κ3) is 2.74. The van der Waals surface area contributed by atoms with Crippen molar-refractivity contribution in [2.24, 2.45) is 0 Å². The minimum absolute atomic E-state index is 0.0000139. The number of benzene rings is 1. The van der Waals surface area contributed by atoms with Crippen LogP contribution < -0.4 is 11.1 Å². The van der Waals surface area contributed by atoms with Gasteiger partial charge in [-0.3, -0.25) is 4.79 Å². The van der Waals surface area contributed by atoms with Crippen LogP contribution in [0.2, 0.25) is 0 Å². The Labute approximate surface area is 149 Å². The average Bonchev–Trinajstić information content (AvgIpc) is 3.03. The molecule has 0 bridgehead atoms. The minimum atomic E-state index is -0.848. The summed E-state index contributed by atoms with van der Waals surface area (Å²) in [4.78, 5) is 19.9. The maximum atomic E-state index is 11.4. The molecule has 1 aromatic carbocycles. The number of aliphatic carboxylic acids is 1. The van der Waals surface area contributed by atoms with Gasteiger partial charge in [0.1, 0.15) is 29.6 Å². The van der Waals surface area contributed by atoms with Crippen LogP contribution in [0.3, 0.4) is 0 Å². The van der Waals surface area contributed by atoms with Gasteiger partial charge in [0.25, 0.3) is 0 Å². The van der Waals surface area contributed by atoms with E-state index in [4.69, 9.17) is 5.73 Å². The van der Waals surface area contributed by atoms with Crippen molar-refractivity contribution in [2.75, 3.05) is 12.3 Å². The molecular weight excluding hydrogens is 334 g/mol. The molecule has 0 radical (unpaired) electrons. The molecule has 26 heavy (non-hydrogen) atoms. The SMILES string of the molecule is Nc1ncnc2c1c(-c1ccc(O)cc1)cn2C1CCNC(C(=O)O)C1. The quantitative estimate of drug-likeness (QED) is 0.565. The fourth-order valence-electron chi connectivity index (χ4n) is 3.58. The Hall–Kier alpha value is -3.13. The number of nitrogens with two attached hydrogens (primary N) is 1. The summed E-state index contributed by atoms with van der Waals surface area (Å²) in [5, 5.41) is 22.6. The topological polar surface area (TPSA) is 126 Å². The number of nitrogens with one attached hydrogen (secondary N) is 1. The van der Waals surface area contributed by atoms with E-state index in [2.05, 4.69) is 15.3 Å². The highest BCUT2D eigenvalue weighted by molar-refractivity contribution is 6.00. The molecule has 134 valence electrons. The van der Waals surface area contributed by atoms with E-state index in [1.807, 2.05) is 22.9 Å². The van der Waals surface area contributed by atoms with E-state index >= 15 is 0 Å². The number of piperidine rings is 1. The fourth-order valence-corrected chi connectivity index (χ4v) is 3.58. The lowest BCUT2D eigenvalue weighted by Gasteiger charge is -2.29. The van der Waals surface area contributed by atoms with Crippen molar-refractivity contribution in [1.82, 2.24) is 19.9 Å². The molecule has 3 heterocycles. The second-order valence-corrected chi connectivity index (χ2v) is 6.48. The van der Waals surface area contributed by atoms with Crippen molar-refractivity contribution in [2.45, 2.75) is 24.9 Å². The van der Waals surface area contributed by atoms with Crippen LogP contribution in [-0.2, 0) is 4.79 Å². The Bertz CT molecular complexity index is 967. The van der Waals surface area contributed by atoms with Gasteiger partial charge in [0.2, 0.25) is 0 Å². The first-order valence-electron chi connectivity index (χ1n) is 8.41. The Kier molecular flexibility index (Phi) is 3.96. The molecule has 4 rings (SSSR count). The number of fused-ring (bicyclic) bond motifs is 1. The Morgan fingerprint density at radius 1 is 1.27 bits per heavy atom. The number of phenols is 1. The molecule has 1 saturated heterocycles. The average molecular weight is 353 g/mol. The molecule has 1 fully saturated rings. The number of nitrogens with zero attached hydrogens (tertiary/aromatic N) is 3. The van der Waals surface area contributed by atoms with Crippen LogP contribution in [0.4, 0.5) is 5.82 Å². The summed E-state index contributed by atoms with van der Waals surface area (Å²) in [5.41, 5.74) is 8.56. The van der Waals surface area contributed by atoms with E-state index in [0.717, 1.165) is 22.9 Å².